The summed E-state index contributed by atoms with van der Waals surface area (Å²) in [5.41, 5.74) is 6.42. The van der Waals surface area contributed by atoms with E-state index in [2.05, 4.69) is 74.5 Å². The molecule has 0 aliphatic heterocycles. The third-order valence-electron chi connectivity index (χ3n) is 3.90. The van der Waals surface area contributed by atoms with Gasteiger partial charge in [-0.2, -0.15) is 0 Å². The van der Waals surface area contributed by atoms with Crippen LogP contribution < -0.4 is 16.3 Å². The topological polar surface area (TPSA) is 26.0 Å². The number of hydrogen-bond acceptors (Lipinski definition) is 1. The maximum Gasteiger partial charge on any atom is 0.0110 e. The molecule has 2 unspecified atom stereocenters. The van der Waals surface area contributed by atoms with Crippen LogP contribution in [0.25, 0.3) is 0 Å². The van der Waals surface area contributed by atoms with Crippen LogP contribution in [0.3, 0.4) is 0 Å². The lowest BCUT2D eigenvalue weighted by Crippen LogP contribution is -2.34. The van der Waals surface area contributed by atoms with Crippen LogP contribution in [0, 0.1) is 5.92 Å². The van der Waals surface area contributed by atoms with Crippen molar-refractivity contribution in [3.8, 4) is 0 Å². The fourth-order valence-electron chi connectivity index (χ4n) is 2.27. The number of nitrogens with two attached hydrogens (primary N) is 1. The Kier molecular flexibility index (Phi) is 5.76. The third kappa shape index (κ3) is 3.91. The molecule has 2 heteroatoms. The zero-order valence-electron chi connectivity index (χ0n) is 12.4. The van der Waals surface area contributed by atoms with Crippen molar-refractivity contribution in [3.63, 3.8) is 0 Å². The van der Waals surface area contributed by atoms with Gasteiger partial charge in [-0.25, -0.2) is 0 Å². The van der Waals surface area contributed by atoms with E-state index >= 15 is 0 Å². The van der Waals surface area contributed by atoms with Crippen molar-refractivity contribution in [2.24, 2.45) is 11.7 Å². The molecule has 1 nitrogen and oxygen atoms in total. The van der Waals surface area contributed by atoms with Crippen LogP contribution in [-0.2, 0) is 0 Å². The van der Waals surface area contributed by atoms with Crippen LogP contribution in [0.1, 0.15) is 20.3 Å². The number of rotatable bonds is 6. The molecule has 0 aliphatic rings. The third-order valence-corrected chi connectivity index (χ3v) is 6.53. The minimum absolute atomic E-state index is 0.270. The molecule has 0 bridgehead atoms. The molecule has 0 radical (unpaired) electrons. The van der Waals surface area contributed by atoms with Crippen molar-refractivity contribution in [1.82, 2.24) is 0 Å². The van der Waals surface area contributed by atoms with Gasteiger partial charge >= 0.3 is 0 Å². The van der Waals surface area contributed by atoms with E-state index in [1.54, 1.807) is 0 Å². The average molecular weight is 285 g/mol. The van der Waals surface area contributed by atoms with Gasteiger partial charge in [0, 0.05) is 6.04 Å². The van der Waals surface area contributed by atoms with E-state index in [0.717, 1.165) is 12.6 Å². The fourth-order valence-corrected chi connectivity index (χ4v) is 4.83. The summed E-state index contributed by atoms with van der Waals surface area (Å²) in [7, 11) is -0.353. The molecule has 20 heavy (non-hydrogen) atoms. The predicted molar refractivity (Wildman–Crippen MR) is 91.4 cm³/mol. The number of benzene rings is 2. The maximum atomic E-state index is 6.42. The largest absolute Gasteiger partial charge is 0.327 e. The second-order valence-corrected chi connectivity index (χ2v) is 7.59. The highest BCUT2D eigenvalue weighted by atomic mass is 31.1. The summed E-state index contributed by atoms with van der Waals surface area (Å²) >= 11 is 0. The minimum Gasteiger partial charge on any atom is -0.327 e. The van der Waals surface area contributed by atoms with E-state index in [0.29, 0.717) is 5.92 Å². The first-order chi connectivity index (χ1) is 9.72. The Morgan fingerprint density at radius 1 is 0.900 bits per heavy atom. The Hall–Kier alpha value is -1.17. The highest BCUT2D eigenvalue weighted by molar-refractivity contribution is 7.73. The normalized spacial score (nSPS) is 14.2. The van der Waals surface area contributed by atoms with Crippen molar-refractivity contribution in [1.29, 1.82) is 0 Å². The summed E-state index contributed by atoms with van der Waals surface area (Å²) in [6, 6.07) is 21.9. The second kappa shape index (κ2) is 7.57. The lowest BCUT2D eigenvalue weighted by molar-refractivity contribution is 0.474. The van der Waals surface area contributed by atoms with Crippen molar-refractivity contribution < 1.29 is 0 Å². The zero-order chi connectivity index (χ0) is 14.4. The molecule has 2 aromatic carbocycles. The summed E-state index contributed by atoms with van der Waals surface area (Å²) in [5.74, 6) is 0.576. The smallest absolute Gasteiger partial charge is 0.0110 e. The molecule has 0 fully saturated rings. The molecule has 2 N–H and O–H groups in total. The predicted octanol–water partition coefficient (Wildman–Crippen LogP) is 3.49. The van der Waals surface area contributed by atoms with Gasteiger partial charge in [-0.1, -0.05) is 80.9 Å². The Morgan fingerprint density at radius 3 is 1.75 bits per heavy atom. The molecule has 0 aliphatic carbocycles. The average Bonchev–Trinajstić information content (AvgIpc) is 2.53. The number of hydrogen-bond donors (Lipinski definition) is 1. The van der Waals surface area contributed by atoms with Crippen molar-refractivity contribution in [2.45, 2.75) is 26.3 Å². The quantitative estimate of drug-likeness (QED) is 0.808. The van der Waals surface area contributed by atoms with Gasteiger partial charge < -0.3 is 5.73 Å². The summed E-state index contributed by atoms with van der Waals surface area (Å²) in [4.78, 5) is 0. The first kappa shape index (κ1) is 15.2. The molecule has 0 heterocycles. The van der Waals surface area contributed by atoms with Gasteiger partial charge in [-0.15, -0.1) is 0 Å². The van der Waals surface area contributed by atoms with E-state index in [1.165, 1.54) is 10.6 Å². The van der Waals surface area contributed by atoms with E-state index in [-0.39, 0.29) is 14.0 Å². The summed E-state index contributed by atoms with van der Waals surface area (Å²) in [6.07, 6.45) is 2.21. The highest BCUT2D eigenvalue weighted by Gasteiger charge is 2.20. The van der Waals surface area contributed by atoms with Crippen LogP contribution in [0.5, 0.6) is 0 Å². The fraction of sp³-hybridized carbons (Fsp3) is 0.333. The molecule has 0 saturated heterocycles. The molecule has 0 aromatic heterocycles. The monoisotopic (exact) mass is 285 g/mol. The van der Waals surface area contributed by atoms with Crippen molar-refractivity contribution >= 4 is 18.5 Å². The van der Waals surface area contributed by atoms with Gasteiger partial charge in [0.25, 0.3) is 0 Å². The van der Waals surface area contributed by atoms with E-state index in [4.69, 9.17) is 5.73 Å². The lowest BCUT2D eigenvalue weighted by atomic mass is 10.0. The van der Waals surface area contributed by atoms with Crippen LogP contribution in [-0.4, -0.2) is 12.2 Å². The standard InChI is InChI=1S/C18H24NP/c1-3-15(2)18(19)14-20(16-10-6-4-7-11-16)17-12-8-5-9-13-17/h4-13,15,18H,3,14,19H2,1-2H3. The molecule has 2 rings (SSSR count). The Labute approximate surface area is 124 Å². The molecule has 0 amide bonds. The minimum atomic E-state index is -0.353. The molecule has 0 spiro atoms. The van der Waals surface area contributed by atoms with E-state index < -0.39 is 0 Å². The molecule has 106 valence electrons. The first-order valence-corrected chi connectivity index (χ1v) is 8.88. The lowest BCUT2D eigenvalue weighted by Gasteiger charge is -2.25. The maximum absolute atomic E-state index is 6.42. The SMILES string of the molecule is CCC(C)C(N)CP(c1ccccc1)c1ccccc1. The van der Waals surface area contributed by atoms with Crippen molar-refractivity contribution in [2.75, 3.05) is 6.16 Å². The van der Waals surface area contributed by atoms with Crippen LogP contribution in [0.2, 0.25) is 0 Å². The molecule has 0 saturated carbocycles. The van der Waals surface area contributed by atoms with Crippen LogP contribution in [0.4, 0.5) is 0 Å². The van der Waals surface area contributed by atoms with E-state index in [1.807, 2.05) is 0 Å². The van der Waals surface area contributed by atoms with Crippen molar-refractivity contribution in [3.05, 3.63) is 60.7 Å². The summed E-state index contributed by atoms with van der Waals surface area (Å²) < 4.78 is 0. The van der Waals surface area contributed by atoms with Gasteiger partial charge in [0.15, 0.2) is 0 Å². The van der Waals surface area contributed by atoms with E-state index in [9.17, 15) is 0 Å². The first-order valence-electron chi connectivity index (χ1n) is 7.35. The molecule has 2 atom stereocenters. The Bertz CT molecular complexity index is 458. The molecular formula is C18H24NP. The van der Waals surface area contributed by atoms with Crippen LogP contribution >= 0.6 is 7.92 Å². The molecular weight excluding hydrogens is 261 g/mol. The van der Waals surface area contributed by atoms with Gasteiger partial charge in [-0.3, -0.25) is 0 Å². The highest BCUT2D eigenvalue weighted by Crippen LogP contribution is 2.35. The summed E-state index contributed by atoms with van der Waals surface area (Å²) in [6.45, 7) is 4.48. The van der Waals surface area contributed by atoms with Gasteiger partial charge in [0.05, 0.1) is 0 Å². The Morgan fingerprint density at radius 2 is 1.35 bits per heavy atom. The van der Waals surface area contributed by atoms with Gasteiger partial charge in [0.2, 0.25) is 0 Å². The second-order valence-electron chi connectivity index (χ2n) is 5.33. The van der Waals surface area contributed by atoms with Gasteiger partial charge in [0.1, 0.15) is 0 Å². The Balaban J connectivity index is 2.26. The van der Waals surface area contributed by atoms with Crippen LogP contribution in [0.15, 0.2) is 60.7 Å². The zero-order valence-corrected chi connectivity index (χ0v) is 13.3. The van der Waals surface area contributed by atoms with Gasteiger partial charge in [-0.05, 0) is 30.6 Å². The molecule has 2 aromatic rings. The summed E-state index contributed by atoms with van der Waals surface area (Å²) in [5, 5.41) is 2.85.